The maximum atomic E-state index is 2.80. The van der Waals surface area contributed by atoms with Crippen LogP contribution >= 0.6 is 9.24 Å². The fourth-order valence-electron chi connectivity index (χ4n) is 1.62. The van der Waals surface area contributed by atoms with Crippen LogP contribution in [0.4, 0.5) is 0 Å². The highest BCUT2D eigenvalue weighted by Gasteiger charge is 2.02. The molecule has 0 fully saturated rings. The summed E-state index contributed by atoms with van der Waals surface area (Å²) < 4.78 is 0. The van der Waals surface area contributed by atoms with E-state index in [9.17, 15) is 0 Å². The van der Waals surface area contributed by atoms with E-state index in [0.29, 0.717) is 0 Å². The van der Waals surface area contributed by atoms with Gasteiger partial charge >= 0.3 is 0 Å². The van der Waals surface area contributed by atoms with Gasteiger partial charge in [0.05, 0.1) is 0 Å². The van der Waals surface area contributed by atoms with Gasteiger partial charge in [0.25, 0.3) is 0 Å². The third kappa shape index (κ3) is 1.79. The Morgan fingerprint density at radius 3 is 2.00 bits per heavy atom. The molecule has 0 radical (unpaired) electrons. The summed E-state index contributed by atoms with van der Waals surface area (Å²) in [5, 5.41) is 2.73. The smallest absolute Gasteiger partial charge is 0.0393 e. The second-order valence-corrected chi connectivity index (χ2v) is 5.10. The molecule has 1 atom stereocenters. The second kappa shape index (κ2) is 4.08. The van der Waals surface area contributed by atoms with Crippen LogP contribution in [0, 0.1) is 0 Å². The molecule has 2 aromatic rings. The Labute approximate surface area is 90.0 Å². The van der Waals surface area contributed by atoms with Gasteiger partial charge in [-0.15, -0.1) is 9.24 Å². The van der Waals surface area contributed by atoms with Crippen LogP contribution in [0.2, 0.25) is 0 Å². The summed E-state index contributed by atoms with van der Waals surface area (Å²) in [6.07, 6.45) is 0. The summed E-state index contributed by atoms with van der Waals surface area (Å²) in [6.45, 7) is 0. The summed E-state index contributed by atoms with van der Waals surface area (Å²) in [7, 11) is 3.90. The molecule has 0 saturated heterocycles. The van der Waals surface area contributed by atoms with E-state index in [1.54, 1.807) is 0 Å². The fraction of sp³-hybridized carbons (Fsp3) is 0. The minimum Gasteiger partial charge on any atom is -0.105 e. The molecule has 0 amide bonds. The average Bonchev–Trinajstić information content (AvgIpc) is 2.20. The van der Waals surface area contributed by atoms with Gasteiger partial charge in [0.15, 0.2) is 0 Å². The molecule has 2 heteroatoms. The first-order chi connectivity index (χ1) is 6.79. The van der Waals surface area contributed by atoms with E-state index in [1.165, 1.54) is 21.6 Å². The van der Waals surface area contributed by atoms with Gasteiger partial charge in [0, 0.05) is 10.2 Å². The highest BCUT2D eigenvalue weighted by atomic mass is 31.0. The second-order valence-electron chi connectivity index (χ2n) is 3.40. The lowest BCUT2D eigenvalue weighted by Gasteiger charge is -2.08. The first kappa shape index (κ1) is 9.63. The van der Waals surface area contributed by atoms with Crippen molar-refractivity contribution in [2.24, 2.45) is 0 Å². The van der Waals surface area contributed by atoms with Crippen molar-refractivity contribution >= 4 is 30.0 Å². The molecule has 0 bridgehead atoms. The minimum atomic E-state index is 1.10. The first-order valence-corrected chi connectivity index (χ1v) is 6.27. The summed E-state index contributed by atoms with van der Waals surface area (Å²) >= 11 is 0. The van der Waals surface area contributed by atoms with Crippen molar-refractivity contribution in [3.8, 4) is 11.1 Å². The van der Waals surface area contributed by atoms with E-state index in [0.717, 1.165) is 10.2 Å². The lowest BCUT2D eigenvalue weighted by molar-refractivity contribution is 1.69. The Balaban J connectivity index is 2.61. The van der Waals surface area contributed by atoms with Gasteiger partial charge in [-0.2, -0.15) is 0 Å². The predicted molar refractivity (Wildman–Crippen MR) is 70.8 cm³/mol. The van der Waals surface area contributed by atoms with Crippen molar-refractivity contribution in [3.05, 3.63) is 48.5 Å². The van der Waals surface area contributed by atoms with E-state index in [2.05, 4.69) is 57.8 Å². The lowest BCUT2D eigenvalue weighted by atomic mass is 10.1. The van der Waals surface area contributed by atoms with Crippen molar-refractivity contribution in [1.29, 1.82) is 0 Å². The highest BCUT2D eigenvalue weighted by molar-refractivity contribution is 7.28. The Morgan fingerprint density at radius 2 is 1.36 bits per heavy atom. The zero-order chi connectivity index (χ0) is 9.97. The molecule has 0 aliphatic carbocycles. The molecule has 0 aliphatic rings. The standard InChI is InChI=1S/C12H13PSi/c13-11-7-3-1-5-9(11)10-6-2-4-8-12(10)14/h1-8H,13H2,14H3. The van der Waals surface area contributed by atoms with Gasteiger partial charge in [-0.1, -0.05) is 53.7 Å². The van der Waals surface area contributed by atoms with Gasteiger partial charge in [-0.05, 0) is 16.4 Å². The third-order valence-corrected chi connectivity index (χ3v) is 3.77. The van der Waals surface area contributed by atoms with Gasteiger partial charge < -0.3 is 0 Å². The van der Waals surface area contributed by atoms with Crippen LogP contribution in [0.15, 0.2) is 48.5 Å². The summed E-state index contributed by atoms with van der Waals surface area (Å²) in [4.78, 5) is 0. The van der Waals surface area contributed by atoms with Gasteiger partial charge in [0.1, 0.15) is 0 Å². The minimum absolute atomic E-state index is 1.10. The molecule has 0 nitrogen and oxygen atoms in total. The molecular weight excluding hydrogens is 203 g/mol. The van der Waals surface area contributed by atoms with E-state index in [-0.39, 0.29) is 0 Å². The maximum Gasteiger partial charge on any atom is 0.0393 e. The van der Waals surface area contributed by atoms with E-state index in [1.807, 2.05) is 0 Å². The molecule has 70 valence electrons. The van der Waals surface area contributed by atoms with Crippen LogP contribution in [0.1, 0.15) is 0 Å². The van der Waals surface area contributed by atoms with Gasteiger partial charge in [-0.3, -0.25) is 0 Å². The SMILES string of the molecule is [SiH3]c1ccccc1-c1ccccc1P. The number of hydrogen-bond donors (Lipinski definition) is 0. The highest BCUT2D eigenvalue weighted by Crippen LogP contribution is 2.15. The van der Waals surface area contributed by atoms with Crippen molar-refractivity contribution in [2.75, 3.05) is 0 Å². The first-order valence-electron chi connectivity index (χ1n) is 4.69. The van der Waals surface area contributed by atoms with Crippen LogP contribution < -0.4 is 10.5 Å². The number of rotatable bonds is 1. The molecule has 0 saturated carbocycles. The maximum absolute atomic E-state index is 2.80. The van der Waals surface area contributed by atoms with E-state index in [4.69, 9.17) is 0 Å². The molecule has 0 aromatic heterocycles. The van der Waals surface area contributed by atoms with Crippen molar-refractivity contribution in [3.63, 3.8) is 0 Å². The largest absolute Gasteiger partial charge is 0.105 e. The van der Waals surface area contributed by atoms with E-state index >= 15 is 0 Å². The van der Waals surface area contributed by atoms with Gasteiger partial charge in [-0.25, -0.2) is 0 Å². The molecule has 1 unspecified atom stereocenters. The topological polar surface area (TPSA) is 0 Å². The monoisotopic (exact) mass is 216 g/mol. The molecule has 0 heterocycles. The Bertz CT molecular complexity index is 408. The summed E-state index contributed by atoms with van der Waals surface area (Å²) in [5.74, 6) is 0. The van der Waals surface area contributed by atoms with Gasteiger partial charge in [0.2, 0.25) is 0 Å². The molecule has 0 spiro atoms. The molecule has 2 rings (SSSR count). The summed E-state index contributed by atoms with van der Waals surface area (Å²) in [6, 6.07) is 17.1. The molecule has 2 aromatic carbocycles. The third-order valence-electron chi connectivity index (χ3n) is 2.40. The average molecular weight is 216 g/mol. The Morgan fingerprint density at radius 1 is 0.786 bits per heavy atom. The Kier molecular flexibility index (Phi) is 2.81. The molecule has 0 aliphatic heterocycles. The molecule has 14 heavy (non-hydrogen) atoms. The van der Waals surface area contributed by atoms with E-state index < -0.39 is 0 Å². The fourth-order valence-corrected chi connectivity index (χ4v) is 2.61. The number of hydrogen-bond acceptors (Lipinski definition) is 0. The van der Waals surface area contributed by atoms with Crippen molar-refractivity contribution in [2.45, 2.75) is 0 Å². The number of benzene rings is 2. The summed E-state index contributed by atoms with van der Waals surface area (Å²) in [5.41, 5.74) is 2.72. The zero-order valence-corrected chi connectivity index (χ0v) is 11.4. The Hall–Kier alpha value is -0.913. The van der Waals surface area contributed by atoms with Crippen molar-refractivity contribution < 1.29 is 0 Å². The van der Waals surface area contributed by atoms with Crippen LogP contribution in [-0.2, 0) is 0 Å². The molecular formula is C12H13PSi. The van der Waals surface area contributed by atoms with Crippen LogP contribution in [0.25, 0.3) is 11.1 Å². The van der Waals surface area contributed by atoms with Crippen LogP contribution in [0.3, 0.4) is 0 Å². The normalized spacial score (nSPS) is 10.4. The molecule has 0 N–H and O–H groups in total. The van der Waals surface area contributed by atoms with Crippen molar-refractivity contribution in [1.82, 2.24) is 0 Å². The van der Waals surface area contributed by atoms with Crippen LogP contribution in [-0.4, -0.2) is 10.2 Å². The zero-order valence-electron chi connectivity index (χ0n) is 8.20. The quantitative estimate of drug-likeness (QED) is 0.489. The predicted octanol–water partition coefficient (Wildman–Crippen LogP) is 0.845. The lowest BCUT2D eigenvalue weighted by Crippen LogP contribution is -2.09. The van der Waals surface area contributed by atoms with Crippen LogP contribution in [0.5, 0.6) is 0 Å².